The van der Waals surface area contributed by atoms with Crippen LogP contribution in [0.15, 0.2) is 42.7 Å². The van der Waals surface area contributed by atoms with Crippen molar-refractivity contribution >= 4 is 18.3 Å². The van der Waals surface area contributed by atoms with Crippen molar-refractivity contribution in [3.8, 4) is 5.75 Å². The highest BCUT2D eigenvalue weighted by Crippen LogP contribution is 2.30. The van der Waals surface area contributed by atoms with Crippen LogP contribution in [0.3, 0.4) is 0 Å². The first-order valence-corrected chi connectivity index (χ1v) is 8.32. The maximum Gasteiger partial charge on any atom is 0.248 e. The van der Waals surface area contributed by atoms with Gasteiger partial charge in [0, 0.05) is 18.0 Å². The van der Waals surface area contributed by atoms with E-state index < -0.39 is 5.54 Å². The van der Waals surface area contributed by atoms with E-state index in [1.165, 1.54) is 0 Å². The molecule has 0 bridgehead atoms. The summed E-state index contributed by atoms with van der Waals surface area (Å²) in [7, 11) is 1.64. The Balaban J connectivity index is 0.00000225. The van der Waals surface area contributed by atoms with Crippen LogP contribution in [0.1, 0.15) is 31.4 Å². The predicted octanol–water partition coefficient (Wildman–Crippen LogP) is 2.27. The van der Waals surface area contributed by atoms with Gasteiger partial charge in [-0.05, 0) is 45.0 Å². The molecule has 1 aliphatic rings. The molecule has 1 aliphatic heterocycles. The fraction of sp³-hybridized carbons (Fsp3) is 0.444. The second kappa shape index (κ2) is 8.36. The fourth-order valence-electron chi connectivity index (χ4n) is 3.36. The van der Waals surface area contributed by atoms with Gasteiger partial charge in [-0.3, -0.25) is 9.48 Å². The van der Waals surface area contributed by atoms with Crippen LogP contribution < -0.4 is 15.4 Å². The molecule has 25 heavy (non-hydrogen) atoms. The summed E-state index contributed by atoms with van der Waals surface area (Å²) >= 11 is 0. The van der Waals surface area contributed by atoms with E-state index in [0.717, 1.165) is 37.2 Å². The number of hydrogen-bond acceptors (Lipinski definition) is 4. The first-order chi connectivity index (χ1) is 11.7. The molecule has 1 aromatic heterocycles. The summed E-state index contributed by atoms with van der Waals surface area (Å²) in [6.07, 6.45) is 5.04. The molecule has 1 aromatic carbocycles. The molecular formula is C18H25ClN4O2. The topological polar surface area (TPSA) is 68.2 Å². The minimum atomic E-state index is -0.634. The summed E-state index contributed by atoms with van der Waals surface area (Å²) in [4.78, 5) is 13.2. The number of carbonyl (C=O) groups excluding carboxylic acids is 1. The lowest BCUT2D eigenvalue weighted by atomic mass is 9.87. The summed E-state index contributed by atoms with van der Waals surface area (Å²) in [5, 5.41) is 10.8. The molecule has 1 amide bonds. The molecule has 1 atom stereocenters. The maximum atomic E-state index is 13.2. The van der Waals surface area contributed by atoms with Gasteiger partial charge in [-0.1, -0.05) is 18.2 Å². The molecule has 1 unspecified atom stereocenters. The van der Waals surface area contributed by atoms with Crippen molar-refractivity contribution in [2.45, 2.75) is 31.3 Å². The van der Waals surface area contributed by atoms with Gasteiger partial charge in [0.25, 0.3) is 0 Å². The molecule has 0 aliphatic carbocycles. The zero-order valence-corrected chi connectivity index (χ0v) is 15.4. The Morgan fingerprint density at radius 1 is 1.32 bits per heavy atom. The van der Waals surface area contributed by atoms with E-state index in [4.69, 9.17) is 4.74 Å². The lowest BCUT2D eigenvalue weighted by Crippen LogP contribution is -2.55. The quantitative estimate of drug-likeness (QED) is 0.854. The number of nitrogens with one attached hydrogen (secondary N) is 2. The molecule has 1 fully saturated rings. The number of carbonyl (C=O) groups is 1. The standard InChI is InChI=1S/C18H24N4O2.ClH/c1-14(15-6-3-4-7-16(15)24-2)21-17(23)18(8-11-19-12-9-18)22-13-5-10-20-22;/h3-7,10,13-14,19H,8-9,11-12H2,1-2H3,(H,21,23);1H. The van der Waals surface area contributed by atoms with Crippen molar-refractivity contribution in [2.24, 2.45) is 0 Å². The SMILES string of the molecule is COc1ccccc1C(C)NC(=O)C1(n2cccn2)CCNCC1.Cl. The average molecular weight is 365 g/mol. The number of benzene rings is 1. The first-order valence-electron chi connectivity index (χ1n) is 8.32. The molecule has 2 N–H and O–H groups in total. The molecule has 2 heterocycles. The van der Waals surface area contributed by atoms with Crippen LogP contribution >= 0.6 is 12.4 Å². The second-order valence-electron chi connectivity index (χ2n) is 6.17. The maximum absolute atomic E-state index is 13.2. The number of ether oxygens (including phenoxy) is 1. The lowest BCUT2D eigenvalue weighted by molar-refractivity contribution is -0.132. The summed E-state index contributed by atoms with van der Waals surface area (Å²) in [6.45, 7) is 3.58. The average Bonchev–Trinajstić information content (AvgIpc) is 3.17. The monoisotopic (exact) mass is 364 g/mol. The van der Waals surface area contributed by atoms with Crippen molar-refractivity contribution in [3.63, 3.8) is 0 Å². The Morgan fingerprint density at radius 2 is 2.04 bits per heavy atom. The van der Waals surface area contributed by atoms with Gasteiger partial charge in [0.2, 0.25) is 5.91 Å². The normalized spacial score (nSPS) is 17.2. The number of hydrogen-bond donors (Lipinski definition) is 2. The molecular weight excluding hydrogens is 340 g/mol. The molecule has 6 nitrogen and oxygen atoms in total. The number of halogens is 1. The smallest absolute Gasteiger partial charge is 0.248 e. The van der Waals surface area contributed by atoms with Crippen LogP contribution in [-0.4, -0.2) is 35.9 Å². The lowest BCUT2D eigenvalue weighted by Gasteiger charge is -2.37. The molecule has 2 aromatic rings. The van der Waals surface area contributed by atoms with E-state index in [1.54, 1.807) is 18.0 Å². The highest BCUT2D eigenvalue weighted by Gasteiger charge is 2.42. The second-order valence-corrected chi connectivity index (χ2v) is 6.17. The van der Waals surface area contributed by atoms with Crippen LogP contribution in [0.25, 0.3) is 0 Å². The minimum Gasteiger partial charge on any atom is -0.496 e. The van der Waals surface area contributed by atoms with Crippen LogP contribution in [0.2, 0.25) is 0 Å². The van der Waals surface area contributed by atoms with E-state index in [0.29, 0.717) is 0 Å². The van der Waals surface area contributed by atoms with Crippen LogP contribution in [0.5, 0.6) is 5.75 Å². The van der Waals surface area contributed by atoms with Crippen LogP contribution in [0, 0.1) is 0 Å². The molecule has 136 valence electrons. The molecule has 3 rings (SSSR count). The van der Waals surface area contributed by atoms with E-state index in [1.807, 2.05) is 43.5 Å². The number of nitrogens with zero attached hydrogens (tertiary/aromatic N) is 2. The fourth-order valence-corrected chi connectivity index (χ4v) is 3.36. The Hall–Kier alpha value is -2.05. The summed E-state index contributed by atoms with van der Waals surface area (Å²) < 4.78 is 7.22. The molecule has 0 saturated carbocycles. The van der Waals surface area contributed by atoms with E-state index >= 15 is 0 Å². The molecule has 0 radical (unpaired) electrons. The molecule has 7 heteroatoms. The largest absolute Gasteiger partial charge is 0.496 e. The Bertz CT molecular complexity index is 684. The summed E-state index contributed by atoms with van der Waals surface area (Å²) in [5.74, 6) is 0.787. The predicted molar refractivity (Wildman–Crippen MR) is 99.1 cm³/mol. The van der Waals surface area contributed by atoms with Crippen molar-refractivity contribution in [3.05, 3.63) is 48.3 Å². The highest BCUT2D eigenvalue weighted by atomic mass is 35.5. The summed E-state index contributed by atoms with van der Waals surface area (Å²) in [5.41, 5.74) is 0.336. The Morgan fingerprint density at radius 3 is 2.68 bits per heavy atom. The number of piperidine rings is 1. The number of para-hydroxylation sites is 1. The van der Waals surface area contributed by atoms with Crippen molar-refractivity contribution in [2.75, 3.05) is 20.2 Å². The van der Waals surface area contributed by atoms with E-state index in [-0.39, 0.29) is 24.4 Å². The van der Waals surface area contributed by atoms with Crippen molar-refractivity contribution in [1.82, 2.24) is 20.4 Å². The molecule has 1 saturated heterocycles. The van der Waals surface area contributed by atoms with Gasteiger partial charge in [0.15, 0.2) is 0 Å². The van der Waals surface area contributed by atoms with Gasteiger partial charge in [0.1, 0.15) is 11.3 Å². The zero-order chi connectivity index (χ0) is 17.0. The highest BCUT2D eigenvalue weighted by molar-refractivity contribution is 5.85. The van der Waals surface area contributed by atoms with Gasteiger partial charge in [-0.25, -0.2) is 0 Å². The third-order valence-corrected chi connectivity index (χ3v) is 4.75. The molecule has 0 spiro atoms. The van der Waals surface area contributed by atoms with Gasteiger partial charge in [-0.2, -0.15) is 5.10 Å². The zero-order valence-electron chi connectivity index (χ0n) is 14.6. The Labute approximate surface area is 154 Å². The van der Waals surface area contributed by atoms with E-state index in [9.17, 15) is 4.79 Å². The van der Waals surface area contributed by atoms with Gasteiger partial charge in [-0.15, -0.1) is 12.4 Å². The van der Waals surface area contributed by atoms with E-state index in [2.05, 4.69) is 15.7 Å². The third-order valence-electron chi connectivity index (χ3n) is 4.75. The Kier molecular flexibility index (Phi) is 6.45. The number of aromatic nitrogens is 2. The minimum absolute atomic E-state index is 0. The van der Waals surface area contributed by atoms with Gasteiger partial charge < -0.3 is 15.4 Å². The van der Waals surface area contributed by atoms with Crippen LogP contribution in [-0.2, 0) is 10.3 Å². The third kappa shape index (κ3) is 3.80. The van der Waals surface area contributed by atoms with Crippen molar-refractivity contribution in [1.29, 1.82) is 0 Å². The number of methoxy groups -OCH3 is 1. The summed E-state index contributed by atoms with van der Waals surface area (Å²) in [6, 6.07) is 9.48. The number of amides is 1. The van der Waals surface area contributed by atoms with Gasteiger partial charge in [0.05, 0.1) is 13.2 Å². The van der Waals surface area contributed by atoms with Crippen molar-refractivity contribution < 1.29 is 9.53 Å². The number of rotatable bonds is 5. The van der Waals surface area contributed by atoms with Crippen LogP contribution in [0.4, 0.5) is 0 Å². The van der Waals surface area contributed by atoms with Gasteiger partial charge >= 0.3 is 0 Å². The first kappa shape index (κ1) is 19.3.